The number of nitrogens with one attached hydrogen (secondary N) is 3. The summed E-state index contributed by atoms with van der Waals surface area (Å²) < 4.78 is 32.8. The zero-order chi connectivity index (χ0) is 22.3. The van der Waals surface area contributed by atoms with E-state index in [1.807, 2.05) is 6.92 Å². The summed E-state index contributed by atoms with van der Waals surface area (Å²) in [5, 5.41) is 5.47. The van der Waals surface area contributed by atoms with E-state index in [2.05, 4.69) is 15.4 Å². The largest absolute Gasteiger partial charge is 0.495 e. The third kappa shape index (κ3) is 6.04. The van der Waals surface area contributed by atoms with E-state index in [1.165, 1.54) is 25.3 Å². The topological polar surface area (TPSA) is 114 Å². The van der Waals surface area contributed by atoms with Crippen LogP contribution in [-0.2, 0) is 10.0 Å². The van der Waals surface area contributed by atoms with Gasteiger partial charge in [0.25, 0.3) is 11.8 Å². The Kier molecular flexibility index (Phi) is 7.96. The lowest BCUT2D eigenvalue weighted by Crippen LogP contribution is -2.30. The van der Waals surface area contributed by atoms with Crippen LogP contribution in [0.3, 0.4) is 0 Å². The van der Waals surface area contributed by atoms with Gasteiger partial charge < -0.3 is 15.4 Å². The second-order valence-corrected chi connectivity index (χ2v) is 8.61. The van der Waals surface area contributed by atoms with Crippen molar-refractivity contribution in [2.75, 3.05) is 19.0 Å². The minimum Gasteiger partial charge on any atom is -0.495 e. The van der Waals surface area contributed by atoms with Crippen molar-refractivity contribution >= 4 is 27.5 Å². The summed E-state index contributed by atoms with van der Waals surface area (Å²) in [6.45, 7) is 5.91. The first-order valence-corrected chi connectivity index (χ1v) is 11.1. The predicted octanol–water partition coefficient (Wildman–Crippen LogP) is 2.77. The highest BCUT2D eigenvalue weighted by Crippen LogP contribution is 2.25. The fourth-order valence-electron chi connectivity index (χ4n) is 2.68. The van der Waals surface area contributed by atoms with Crippen molar-refractivity contribution in [2.45, 2.75) is 38.1 Å². The van der Waals surface area contributed by atoms with Gasteiger partial charge in [-0.2, -0.15) is 0 Å². The number of amides is 2. The lowest BCUT2D eigenvalue weighted by Gasteiger charge is -2.14. The first-order valence-electron chi connectivity index (χ1n) is 9.58. The van der Waals surface area contributed by atoms with Gasteiger partial charge in [0.05, 0.1) is 7.11 Å². The van der Waals surface area contributed by atoms with Crippen molar-refractivity contribution < 1.29 is 22.7 Å². The number of ether oxygens (including phenoxy) is 1. The average molecular weight is 434 g/mol. The molecule has 0 aliphatic rings. The van der Waals surface area contributed by atoms with E-state index in [0.29, 0.717) is 17.8 Å². The van der Waals surface area contributed by atoms with Gasteiger partial charge in [0.15, 0.2) is 0 Å². The number of hydrogen-bond acceptors (Lipinski definition) is 5. The van der Waals surface area contributed by atoms with E-state index in [9.17, 15) is 18.0 Å². The molecule has 0 aliphatic carbocycles. The molecule has 0 radical (unpaired) electrons. The highest BCUT2D eigenvalue weighted by atomic mass is 32.2. The smallest absolute Gasteiger partial charge is 0.255 e. The molecule has 2 rings (SSSR count). The van der Waals surface area contributed by atoms with Gasteiger partial charge in [-0.25, -0.2) is 13.1 Å². The first-order chi connectivity index (χ1) is 14.2. The van der Waals surface area contributed by atoms with Crippen LogP contribution in [0.5, 0.6) is 5.75 Å². The quantitative estimate of drug-likeness (QED) is 0.563. The van der Waals surface area contributed by atoms with Crippen molar-refractivity contribution in [1.29, 1.82) is 0 Å². The van der Waals surface area contributed by atoms with Gasteiger partial charge in [-0.15, -0.1) is 0 Å². The zero-order valence-electron chi connectivity index (χ0n) is 17.5. The van der Waals surface area contributed by atoms with Gasteiger partial charge in [0.2, 0.25) is 10.0 Å². The number of carbonyl (C=O) groups excluding carboxylic acids is 2. The Bertz CT molecular complexity index is 1020. The Labute approximate surface area is 177 Å². The molecule has 0 unspecified atom stereocenters. The summed E-state index contributed by atoms with van der Waals surface area (Å²) in [5.41, 5.74) is 0.978. The molecule has 162 valence electrons. The van der Waals surface area contributed by atoms with E-state index in [1.54, 1.807) is 38.1 Å². The number of rotatable bonds is 9. The molecule has 0 heterocycles. The van der Waals surface area contributed by atoms with Crippen LogP contribution in [0.15, 0.2) is 47.4 Å². The molecule has 30 heavy (non-hydrogen) atoms. The molecular formula is C21H27N3O5S. The third-order valence-corrected chi connectivity index (χ3v) is 5.70. The molecule has 0 saturated carbocycles. The molecule has 2 aromatic carbocycles. The Hall–Kier alpha value is -2.91. The van der Waals surface area contributed by atoms with Crippen LogP contribution in [0.1, 0.15) is 47.9 Å². The highest BCUT2D eigenvalue weighted by molar-refractivity contribution is 7.89. The van der Waals surface area contributed by atoms with E-state index in [-0.39, 0.29) is 28.2 Å². The van der Waals surface area contributed by atoms with E-state index in [4.69, 9.17) is 4.74 Å². The van der Waals surface area contributed by atoms with Crippen molar-refractivity contribution in [3.05, 3.63) is 53.6 Å². The zero-order valence-corrected chi connectivity index (χ0v) is 18.3. The number of hydrogen-bond donors (Lipinski definition) is 3. The maximum absolute atomic E-state index is 12.7. The Morgan fingerprint density at radius 2 is 1.73 bits per heavy atom. The summed E-state index contributed by atoms with van der Waals surface area (Å²) in [7, 11) is -2.51. The standard InChI is InChI=1S/C21H27N3O5S/c1-5-11-22-20(25)15-7-6-8-17(12-15)23-21(26)16-9-10-18(29-4)19(13-16)30(27,28)24-14(2)3/h6-10,12-14,24H,5,11H2,1-4H3,(H,22,25)(H,23,26). The van der Waals surface area contributed by atoms with Gasteiger partial charge in [-0.05, 0) is 56.7 Å². The van der Waals surface area contributed by atoms with Crippen molar-refractivity contribution in [3.8, 4) is 5.75 Å². The molecule has 0 bridgehead atoms. The average Bonchev–Trinajstić information content (AvgIpc) is 2.70. The van der Waals surface area contributed by atoms with Crippen LogP contribution in [-0.4, -0.2) is 39.9 Å². The summed E-state index contributed by atoms with van der Waals surface area (Å²) in [4.78, 5) is 24.7. The monoisotopic (exact) mass is 433 g/mol. The van der Waals surface area contributed by atoms with Crippen molar-refractivity contribution in [2.24, 2.45) is 0 Å². The van der Waals surface area contributed by atoms with Crippen LogP contribution in [0.25, 0.3) is 0 Å². The minimum atomic E-state index is -3.87. The summed E-state index contributed by atoms with van der Waals surface area (Å²) in [5.74, 6) is -0.607. The molecule has 2 amide bonds. The van der Waals surface area contributed by atoms with Crippen LogP contribution in [0.4, 0.5) is 5.69 Å². The van der Waals surface area contributed by atoms with E-state index in [0.717, 1.165) is 6.42 Å². The molecule has 8 nitrogen and oxygen atoms in total. The third-order valence-electron chi connectivity index (χ3n) is 4.02. The fraction of sp³-hybridized carbons (Fsp3) is 0.333. The number of sulfonamides is 1. The highest BCUT2D eigenvalue weighted by Gasteiger charge is 2.22. The molecule has 0 saturated heterocycles. The summed E-state index contributed by atoms with van der Waals surface area (Å²) >= 11 is 0. The molecular weight excluding hydrogens is 406 g/mol. The van der Waals surface area contributed by atoms with Gasteiger partial charge in [0.1, 0.15) is 10.6 Å². The van der Waals surface area contributed by atoms with Crippen molar-refractivity contribution in [3.63, 3.8) is 0 Å². The molecule has 9 heteroatoms. The van der Waals surface area contributed by atoms with Crippen LogP contribution >= 0.6 is 0 Å². The van der Waals surface area contributed by atoms with E-state index < -0.39 is 15.9 Å². The van der Waals surface area contributed by atoms with Gasteiger partial charge in [-0.3, -0.25) is 9.59 Å². The molecule has 0 aliphatic heterocycles. The molecule has 0 aromatic heterocycles. The predicted molar refractivity (Wildman–Crippen MR) is 115 cm³/mol. The lowest BCUT2D eigenvalue weighted by atomic mass is 10.1. The maximum Gasteiger partial charge on any atom is 0.255 e. The summed E-state index contributed by atoms with van der Waals surface area (Å²) in [6, 6.07) is 10.4. The maximum atomic E-state index is 12.7. The fourth-order valence-corrected chi connectivity index (χ4v) is 4.13. The second-order valence-electron chi connectivity index (χ2n) is 6.93. The Morgan fingerprint density at radius 1 is 1.03 bits per heavy atom. The van der Waals surface area contributed by atoms with Gasteiger partial charge in [-0.1, -0.05) is 13.0 Å². The second kappa shape index (κ2) is 10.2. The van der Waals surface area contributed by atoms with Crippen LogP contribution in [0, 0.1) is 0 Å². The van der Waals surface area contributed by atoms with Gasteiger partial charge >= 0.3 is 0 Å². The van der Waals surface area contributed by atoms with Crippen LogP contribution < -0.4 is 20.1 Å². The number of methoxy groups -OCH3 is 1. The Balaban J connectivity index is 2.28. The summed E-state index contributed by atoms with van der Waals surface area (Å²) in [6.07, 6.45) is 0.816. The number of anilines is 1. The molecule has 3 N–H and O–H groups in total. The number of carbonyl (C=O) groups is 2. The molecule has 2 aromatic rings. The van der Waals surface area contributed by atoms with E-state index >= 15 is 0 Å². The molecule has 0 spiro atoms. The minimum absolute atomic E-state index is 0.126. The molecule has 0 atom stereocenters. The lowest BCUT2D eigenvalue weighted by molar-refractivity contribution is 0.0952. The molecule has 0 fully saturated rings. The normalized spacial score (nSPS) is 11.2. The Morgan fingerprint density at radius 3 is 2.37 bits per heavy atom. The van der Waals surface area contributed by atoms with Gasteiger partial charge in [0, 0.05) is 29.4 Å². The SMILES string of the molecule is CCCNC(=O)c1cccc(NC(=O)c2ccc(OC)c(S(=O)(=O)NC(C)C)c2)c1. The van der Waals surface area contributed by atoms with Crippen molar-refractivity contribution in [1.82, 2.24) is 10.0 Å². The number of benzene rings is 2. The van der Waals surface area contributed by atoms with Crippen LogP contribution in [0.2, 0.25) is 0 Å². The first kappa shape index (κ1) is 23.4.